The van der Waals surface area contributed by atoms with E-state index in [4.69, 9.17) is 10.00 Å². The monoisotopic (exact) mass is 280 g/mol. The molecule has 0 fully saturated rings. The second-order valence-electron chi connectivity index (χ2n) is 4.72. The molecule has 2 rings (SSSR count). The van der Waals surface area contributed by atoms with E-state index in [1.165, 1.54) is 6.92 Å². The smallest absolute Gasteiger partial charge is 0.221 e. The third-order valence-corrected chi connectivity index (χ3v) is 3.05. The Hall–Kier alpha value is -2.80. The van der Waals surface area contributed by atoms with Gasteiger partial charge in [-0.05, 0) is 42.3 Å². The molecule has 0 aliphatic heterocycles. The molecule has 1 N–H and O–H groups in total. The van der Waals surface area contributed by atoms with Crippen LogP contribution in [0.2, 0.25) is 0 Å². The topological polar surface area (TPSA) is 62.1 Å². The summed E-state index contributed by atoms with van der Waals surface area (Å²) in [4.78, 5) is 11.2. The van der Waals surface area contributed by atoms with Gasteiger partial charge in [0.1, 0.15) is 12.4 Å². The van der Waals surface area contributed by atoms with Crippen molar-refractivity contribution < 1.29 is 9.53 Å². The maximum absolute atomic E-state index is 11.2. The minimum absolute atomic E-state index is 0.138. The van der Waals surface area contributed by atoms with Gasteiger partial charge in [-0.15, -0.1) is 0 Å². The van der Waals surface area contributed by atoms with Crippen molar-refractivity contribution in [2.75, 3.05) is 5.32 Å². The number of anilines is 1. The molecular formula is C17H16N2O2. The van der Waals surface area contributed by atoms with Gasteiger partial charge in [0, 0.05) is 6.92 Å². The molecule has 0 atom stereocenters. The van der Waals surface area contributed by atoms with Gasteiger partial charge in [-0.2, -0.15) is 5.26 Å². The van der Waals surface area contributed by atoms with E-state index in [1.807, 2.05) is 37.3 Å². The summed E-state index contributed by atoms with van der Waals surface area (Å²) in [5, 5.41) is 11.6. The summed E-state index contributed by atoms with van der Waals surface area (Å²) in [5.74, 6) is 0.483. The number of ether oxygens (including phenoxy) is 1. The molecule has 21 heavy (non-hydrogen) atoms. The van der Waals surface area contributed by atoms with Crippen molar-refractivity contribution in [1.29, 1.82) is 5.26 Å². The van der Waals surface area contributed by atoms with E-state index in [9.17, 15) is 4.79 Å². The van der Waals surface area contributed by atoms with Crippen molar-refractivity contribution in [3.8, 4) is 11.8 Å². The van der Waals surface area contributed by atoms with Crippen LogP contribution >= 0.6 is 0 Å². The summed E-state index contributed by atoms with van der Waals surface area (Å²) in [7, 11) is 0. The number of nitriles is 1. The molecule has 4 heteroatoms. The number of carbonyl (C=O) groups excluding carboxylic acids is 1. The van der Waals surface area contributed by atoms with Crippen molar-refractivity contribution in [3.05, 3.63) is 59.2 Å². The van der Waals surface area contributed by atoms with Crippen molar-refractivity contribution in [2.45, 2.75) is 20.5 Å². The Kier molecular flexibility index (Phi) is 4.57. The van der Waals surface area contributed by atoms with Gasteiger partial charge in [-0.25, -0.2) is 0 Å². The first-order chi connectivity index (χ1) is 10.1. The second-order valence-corrected chi connectivity index (χ2v) is 4.72. The number of nitrogens with one attached hydrogen (secondary N) is 1. The Morgan fingerprint density at radius 3 is 2.71 bits per heavy atom. The average molecular weight is 280 g/mol. The quantitative estimate of drug-likeness (QED) is 0.933. The summed E-state index contributed by atoms with van der Waals surface area (Å²) < 4.78 is 5.78. The maximum atomic E-state index is 11.2. The van der Waals surface area contributed by atoms with Crippen LogP contribution in [-0.2, 0) is 11.4 Å². The molecule has 1 amide bonds. The third-order valence-electron chi connectivity index (χ3n) is 3.05. The van der Waals surface area contributed by atoms with Crippen LogP contribution in [0.25, 0.3) is 0 Å². The number of benzene rings is 2. The summed E-state index contributed by atoms with van der Waals surface area (Å²) in [6.45, 7) is 3.79. The van der Waals surface area contributed by atoms with Crippen LogP contribution in [0.5, 0.6) is 5.75 Å². The lowest BCUT2D eigenvalue weighted by Crippen LogP contribution is -2.08. The number of hydrogen-bond donors (Lipinski definition) is 1. The minimum atomic E-state index is -0.138. The molecule has 0 aromatic heterocycles. The van der Waals surface area contributed by atoms with Gasteiger partial charge in [0.2, 0.25) is 5.91 Å². The Morgan fingerprint density at radius 1 is 1.29 bits per heavy atom. The number of aryl methyl sites for hydroxylation is 1. The first-order valence-corrected chi connectivity index (χ1v) is 6.59. The van der Waals surface area contributed by atoms with E-state index in [1.54, 1.807) is 12.1 Å². The molecule has 0 aliphatic rings. The van der Waals surface area contributed by atoms with Crippen LogP contribution in [0, 0.1) is 18.3 Å². The molecule has 0 aliphatic carbocycles. The molecule has 0 spiro atoms. The number of nitrogens with zero attached hydrogens (tertiary/aromatic N) is 1. The lowest BCUT2D eigenvalue weighted by Gasteiger charge is -2.13. The van der Waals surface area contributed by atoms with Gasteiger partial charge in [-0.1, -0.05) is 18.2 Å². The molecular weight excluding hydrogens is 264 g/mol. The predicted octanol–water partition coefficient (Wildman–Crippen LogP) is 3.40. The van der Waals surface area contributed by atoms with Crippen molar-refractivity contribution in [2.24, 2.45) is 0 Å². The highest BCUT2D eigenvalue weighted by Crippen LogP contribution is 2.25. The minimum Gasteiger partial charge on any atom is -0.487 e. The van der Waals surface area contributed by atoms with E-state index >= 15 is 0 Å². The molecule has 0 saturated carbocycles. The normalized spacial score (nSPS) is 9.76. The molecule has 0 heterocycles. The van der Waals surface area contributed by atoms with Crippen LogP contribution in [-0.4, -0.2) is 5.91 Å². The Bertz CT molecular complexity index is 702. The van der Waals surface area contributed by atoms with Crippen molar-refractivity contribution in [3.63, 3.8) is 0 Å². The summed E-state index contributed by atoms with van der Waals surface area (Å²) in [5.41, 5.74) is 3.30. The third kappa shape index (κ3) is 3.83. The van der Waals surface area contributed by atoms with Crippen LogP contribution in [0.15, 0.2) is 42.5 Å². The Morgan fingerprint density at radius 2 is 2.05 bits per heavy atom. The molecule has 0 saturated heterocycles. The fourth-order valence-corrected chi connectivity index (χ4v) is 1.97. The SMILES string of the molecule is CC(=O)Nc1ccccc1OCc1ccc(C#N)cc1C. The highest BCUT2D eigenvalue weighted by Gasteiger charge is 2.06. The van der Waals surface area contributed by atoms with Gasteiger partial charge >= 0.3 is 0 Å². The van der Waals surface area contributed by atoms with Crippen molar-refractivity contribution in [1.82, 2.24) is 0 Å². The van der Waals surface area contributed by atoms with Gasteiger partial charge in [0.15, 0.2) is 0 Å². The standard InChI is InChI=1S/C17H16N2O2/c1-12-9-14(10-18)7-8-15(12)11-21-17-6-4-3-5-16(17)19-13(2)20/h3-9H,11H2,1-2H3,(H,19,20). The largest absolute Gasteiger partial charge is 0.487 e. The second kappa shape index (κ2) is 6.58. The van der Waals surface area contributed by atoms with E-state index in [2.05, 4.69) is 11.4 Å². The van der Waals surface area contributed by atoms with Crippen LogP contribution < -0.4 is 10.1 Å². The van der Waals surface area contributed by atoms with Crippen LogP contribution in [0.3, 0.4) is 0 Å². The number of para-hydroxylation sites is 2. The number of hydrogen-bond acceptors (Lipinski definition) is 3. The van der Waals surface area contributed by atoms with Gasteiger partial charge in [0.05, 0.1) is 17.3 Å². The van der Waals surface area contributed by atoms with E-state index in [0.29, 0.717) is 23.6 Å². The van der Waals surface area contributed by atoms with E-state index in [0.717, 1.165) is 11.1 Å². The number of rotatable bonds is 4. The van der Waals surface area contributed by atoms with Gasteiger partial charge in [-0.3, -0.25) is 4.79 Å². The average Bonchev–Trinajstić information content (AvgIpc) is 2.46. The molecule has 2 aromatic rings. The fourth-order valence-electron chi connectivity index (χ4n) is 1.97. The maximum Gasteiger partial charge on any atom is 0.221 e. The molecule has 0 radical (unpaired) electrons. The van der Waals surface area contributed by atoms with Crippen molar-refractivity contribution >= 4 is 11.6 Å². The highest BCUT2D eigenvalue weighted by molar-refractivity contribution is 5.90. The summed E-state index contributed by atoms with van der Waals surface area (Å²) in [6.07, 6.45) is 0. The van der Waals surface area contributed by atoms with Gasteiger partial charge in [0.25, 0.3) is 0 Å². The van der Waals surface area contributed by atoms with E-state index in [-0.39, 0.29) is 5.91 Å². The zero-order valence-corrected chi connectivity index (χ0v) is 12.0. The van der Waals surface area contributed by atoms with Gasteiger partial charge < -0.3 is 10.1 Å². The number of carbonyl (C=O) groups is 1. The summed E-state index contributed by atoms with van der Waals surface area (Å²) >= 11 is 0. The molecule has 0 unspecified atom stereocenters. The molecule has 2 aromatic carbocycles. The fraction of sp³-hybridized carbons (Fsp3) is 0.176. The predicted molar refractivity (Wildman–Crippen MR) is 81.0 cm³/mol. The Balaban J connectivity index is 2.13. The molecule has 0 bridgehead atoms. The van der Waals surface area contributed by atoms with Crippen LogP contribution in [0.4, 0.5) is 5.69 Å². The highest BCUT2D eigenvalue weighted by atomic mass is 16.5. The lowest BCUT2D eigenvalue weighted by molar-refractivity contribution is -0.114. The zero-order chi connectivity index (χ0) is 15.2. The zero-order valence-electron chi connectivity index (χ0n) is 12.0. The Labute approximate surface area is 124 Å². The first kappa shape index (κ1) is 14.6. The van der Waals surface area contributed by atoms with Crippen LogP contribution in [0.1, 0.15) is 23.6 Å². The van der Waals surface area contributed by atoms with E-state index < -0.39 is 0 Å². The summed E-state index contributed by atoms with van der Waals surface area (Å²) in [6, 6.07) is 14.9. The lowest BCUT2D eigenvalue weighted by atomic mass is 10.1. The molecule has 106 valence electrons. The molecule has 4 nitrogen and oxygen atoms in total. The number of amides is 1. The first-order valence-electron chi connectivity index (χ1n) is 6.59.